The summed E-state index contributed by atoms with van der Waals surface area (Å²) >= 11 is 11.0. The van der Waals surface area contributed by atoms with Gasteiger partial charge in [-0.25, -0.2) is 23.8 Å². The van der Waals surface area contributed by atoms with Crippen LogP contribution >= 0.6 is 58.0 Å². The molecular weight excluding hydrogens is 626 g/mol. The van der Waals surface area contributed by atoms with Crippen LogP contribution in [0.25, 0.3) is 11.2 Å². The van der Waals surface area contributed by atoms with Gasteiger partial charge < -0.3 is 40.3 Å². The molecule has 17 nitrogen and oxygen atoms in total. The molecule has 0 aromatic carbocycles. The molecule has 210 valence electrons. The van der Waals surface area contributed by atoms with Crippen LogP contribution in [0.4, 0.5) is 5.82 Å². The number of anilines is 1. The number of nitrogens with two attached hydrogens (primary N) is 1. The monoisotopic (exact) mass is 657 g/mol. The lowest BCUT2D eigenvalue weighted by atomic mass is 10.1. The van der Waals surface area contributed by atoms with Crippen LogP contribution in [0.2, 0.25) is 0 Å². The Kier molecular flexibility index (Phi) is 7.41. The number of nitrogens with zero attached hydrogens (tertiary/aromatic N) is 4. The number of thioether (sulfide) groups is 1. The van der Waals surface area contributed by atoms with E-state index in [1.165, 1.54) is 0 Å². The predicted molar refractivity (Wildman–Crippen MR) is 130 cm³/mol. The van der Waals surface area contributed by atoms with Crippen molar-refractivity contribution in [1.29, 1.82) is 0 Å². The Labute approximate surface area is 229 Å². The summed E-state index contributed by atoms with van der Waals surface area (Å²) in [6.07, 6.45) is -8.33. The maximum atomic E-state index is 12.2. The van der Waals surface area contributed by atoms with Gasteiger partial charge in [-0.2, -0.15) is 0 Å². The lowest BCUT2D eigenvalue weighted by molar-refractivity contribution is -0.0502. The van der Waals surface area contributed by atoms with Crippen molar-refractivity contribution < 1.29 is 63.9 Å². The number of rotatable bonds is 11. The number of fused-ring (bicyclic) bond motifs is 1. The average Bonchev–Trinajstić information content (AvgIpc) is 3.35. The number of nitrogen functional groups attached to an aromatic ring is 1. The number of alkyl halides is 2. The Morgan fingerprint density at radius 3 is 2.57 bits per heavy atom. The number of hydrogen-bond donors (Lipinski definition) is 7. The summed E-state index contributed by atoms with van der Waals surface area (Å²) in [6.45, 7) is -4.05. The SMILES string of the molecule is [3H]C([3H])([3H])C([3H])([3H])CSc1nc(N)c2ncn([C@@H]3O[C@H](COP(=O)(O)OP(=O)(O)C(Cl)(Cl)P(=O)(O)O)[C@@H](O)[C@H]3O)c2n1. The summed E-state index contributed by atoms with van der Waals surface area (Å²) in [6, 6.07) is 0. The number of hydrogen-bond acceptors (Lipinski definition) is 13. The number of aromatic nitrogens is 4. The Balaban J connectivity index is 1.78. The van der Waals surface area contributed by atoms with Gasteiger partial charge in [-0.1, -0.05) is 41.8 Å². The largest absolute Gasteiger partial charge is 0.479 e. The van der Waals surface area contributed by atoms with Gasteiger partial charge in [-0.05, 0) is 6.37 Å². The highest BCUT2D eigenvalue weighted by molar-refractivity contribution is 7.99. The molecule has 2 aromatic heterocycles. The third-order valence-electron chi connectivity index (χ3n) is 4.62. The Morgan fingerprint density at radius 2 is 1.95 bits per heavy atom. The highest BCUT2D eigenvalue weighted by atomic mass is 35.5. The standard InChI is InChI=1S/C14H22Cl2N5O12P3S/c1-2-3-37-13-19-10(17)7-11(20-13)21(5-18-7)12-9(23)8(22)6(32-12)4-31-36(29,30)33-35(27,28)14(15,16)34(24,25)26/h5-6,8-9,12,22-23H,2-4H2,1H3,(H,27,28)(H,29,30)(H2,17,19,20)(H2,24,25,26)/t6-,8-,9-,12-/m1/s1/i1T3,2T2. The van der Waals surface area contributed by atoms with Crippen LogP contribution in [0.3, 0.4) is 0 Å². The van der Waals surface area contributed by atoms with E-state index in [2.05, 4.69) is 23.8 Å². The van der Waals surface area contributed by atoms with Gasteiger partial charge >= 0.3 is 26.8 Å². The van der Waals surface area contributed by atoms with Gasteiger partial charge in [-0.3, -0.25) is 18.2 Å². The second kappa shape index (κ2) is 11.2. The minimum atomic E-state index is -5.96. The molecule has 0 spiro atoms. The fourth-order valence-corrected chi connectivity index (χ4v) is 7.66. The van der Waals surface area contributed by atoms with Crippen LogP contribution in [0, 0.1) is 0 Å². The van der Waals surface area contributed by atoms with E-state index in [9.17, 15) is 33.7 Å². The second-order valence-electron chi connectivity index (χ2n) is 7.15. The van der Waals surface area contributed by atoms with Crippen LogP contribution in [-0.4, -0.2) is 83.8 Å². The Bertz CT molecular complexity index is 1480. The average molecular weight is 658 g/mol. The number of ether oxygens (including phenoxy) is 1. The molecule has 8 N–H and O–H groups in total. The number of halogens is 2. The molecule has 0 amide bonds. The van der Waals surface area contributed by atoms with Crippen molar-refractivity contribution in [2.75, 3.05) is 18.1 Å². The third kappa shape index (κ3) is 6.51. The van der Waals surface area contributed by atoms with Crippen LogP contribution in [0.5, 0.6) is 0 Å². The minimum absolute atomic E-state index is 0.0224. The quantitative estimate of drug-likeness (QED) is 0.0771. The van der Waals surface area contributed by atoms with Crippen molar-refractivity contribution in [3.8, 4) is 0 Å². The third-order valence-corrected chi connectivity index (χ3v) is 13.1. The highest BCUT2D eigenvalue weighted by Crippen LogP contribution is 2.79. The van der Waals surface area contributed by atoms with E-state index in [1.54, 1.807) is 0 Å². The summed E-state index contributed by atoms with van der Waals surface area (Å²) in [4.78, 5) is 49.7. The lowest BCUT2D eigenvalue weighted by Crippen LogP contribution is -2.33. The Morgan fingerprint density at radius 1 is 1.27 bits per heavy atom. The number of aliphatic hydroxyl groups excluding tert-OH is 2. The molecule has 23 heteroatoms. The van der Waals surface area contributed by atoms with Crippen molar-refractivity contribution in [2.24, 2.45) is 0 Å². The van der Waals surface area contributed by atoms with E-state index < -0.39 is 77.0 Å². The lowest BCUT2D eigenvalue weighted by Gasteiger charge is -2.26. The molecule has 0 radical (unpaired) electrons. The fraction of sp³-hybridized carbons (Fsp3) is 0.643. The van der Waals surface area contributed by atoms with Crippen LogP contribution in [-0.2, 0) is 27.3 Å². The molecule has 3 rings (SSSR count). The van der Waals surface area contributed by atoms with E-state index in [0.717, 1.165) is 10.9 Å². The minimum Gasteiger partial charge on any atom is -0.387 e. The molecule has 0 bridgehead atoms. The van der Waals surface area contributed by atoms with E-state index >= 15 is 0 Å². The maximum absolute atomic E-state index is 12.2. The first-order chi connectivity index (χ1) is 18.8. The van der Waals surface area contributed by atoms with Crippen LogP contribution < -0.4 is 5.73 Å². The molecule has 0 aliphatic carbocycles. The molecule has 3 heterocycles. The zero-order valence-corrected chi connectivity index (χ0v) is 22.8. The number of phosphoric acid groups is 1. The molecule has 2 unspecified atom stereocenters. The van der Waals surface area contributed by atoms with E-state index in [-0.39, 0.29) is 22.1 Å². The molecule has 37 heavy (non-hydrogen) atoms. The van der Waals surface area contributed by atoms with E-state index in [1.807, 2.05) is 0 Å². The van der Waals surface area contributed by atoms with Crippen molar-refractivity contribution >= 4 is 75.0 Å². The number of aliphatic hydroxyl groups is 2. The first-order valence-corrected chi connectivity index (χ1v) is 15.8. The number of imidazole rings is 1. The van der Waals surface area contributed by atoms with Crippen molar-refractivity contribution in [1.82, 2.24) is 19.5 Å². The van der Waals surface area contributed by atoms with Crippen molar-refractivity contribution in [3.05, 3.63) is 6.33 Å². The summed E-state index contributed by atoms with van der Waals surface area (Å²) in [5.74, 6) is -0.795. The van der Waals surface area contributed by atoms with Gasteiger partial charge in [-0.15, -0.1) is 0 Å². The normalized spacial score (nSPS) is 29.0. The fourth-order valence-electron chi connectivity index (χ4n) is 2.91. The first-order valence-electron chi connectivity index (χ1n) is 11.9. The highest BCUT2D eigenvalue weighted by Gasteiger charge is 2.62. The van der Waals surface area contributed by atoms with Gasteiger partial charge in [0.05, 0.1) is 12.9 Å². The van der Waals surface area contributed by atoms with Gasteiger partial charge in [0.15, 0.2) is 22.8 Å². The van der Waals surface area contributed by atoms with Crippen LogP contribution in [0.15, 0.2) is 11.5 Å². The summed E-state index contributed by atoms with van der Waals surface area (Å²) < 4.78 is 84.1. The van der Waals surface area contributed by atoms with Crippen molar-refractivity contribution in [3.63, 3.8) is 0 Å². The smallest absolute Gasteiger partial charge is 0.387 e. The summed E-state index contributed by atoms with van der Waals surface area (Å²) in [7, 11) is -17.4. The van der Waals surface area contributed by atoms with Crippen LogP contribution in [0.1, 0.15) is 26.3 Å². The first kappa shape index (κ1) is 24.4. The predicted octanol–water partition coefficient (Wildman–Crippen LogP) is 1.12. The molecule has 1 saturated heterocycles. The zero-order chi connectivity index (χ0) is 32.3. The van der Waals surface area contributed by atoms with Crippen molar-refractivity contribution in [2.45, 2.75) is 46.7 Å². The van der Waals surface area contributed by atoms with Gasteiger partial charge in [0.2, 0.25) is 0 Å². The molecule has 1 aliphatic heterocycles. The number of phosphoric ester groups is 1. The molecule has 2 aromatic rings. The van der Waals surface area contributed by atoms with E-state index in [4.69, 9.17) is 50.3 Å². The summed E-state index contributed by atoms with van der Waals surface area (Å²) in [5, 5.41) is 20.8. The maximum Gasteiger partial charge on any atom is 0.479 e. The molecule has 1 fully saturated rings. The summed E-state index contributed by atoms with van der Waals surface area (Å²) in [5.41, 5.74) is 5.76. The molecule has 0 saturated carbocycles. The van der Waals surface area contributed by atoms with Gasteiger partial charge in [0.1, 0.15) is 23.8 Å². The molecular formula is C14H22Cl2N5O12P3S. The molecule has 6 atom stereocenters. The second-order valence-corrected chi connectivity index (χ2v) is 16.1. The van der Waals surface area contributed by atoms with E-state index in [0.29, 0.717) is 11.8 Å². The van der Waals surface area contributed by atoms with Gasteiger partial charge in [0, 0.05) is 12.6 Å². The Hall–Kier alpha value is -0.390. The van der Waals surface area contributed by atoms with Gasteiger partial charge in [0.25, 0.3) is 0 Å². The topological polar surface area (TPSA) is 270 Å². The molecule has 1 aliphatic rings. The zero-order valence-electron chi connectivity index (χ0n) is 22.8.